The molecule has 0 atom stereocenters. The lowest BCUT2D eigenvalue weighted by Crippen LogP contribution is -2.23. The number of benzene rings is 1. The molecule has 0 saturated heterocycles. The Morgan fingerprint density at radius 3 is 2.47 bits per heavy atom. The lowest BCUT2D eigenvalue weighted by molar-refractivity contribution is 0.135. The molecular formula is C13H17F2NO. The molecule has 1 aromatic carbocycles. The van der Waals surface area contributed by atoms with Crippen LogP contribution in [0.2, 0.25) is 0 Å². The van der Waals surface area contributed by atoms with E-state index >= 15 is 0 Å². The summed E-state index contributed by atoms with van der Waals surface area (Å²) in [5.41, 5.74) is 5.42. The lowest BCUT2D eigenvalue weighted by Gasteiger charge is -2.27. The predicted octanol–water partition coefficient (Wildman–Crippen LogP) is 3.50. The quantitative estimate of drug-likeness (QED) is 0.804. The first-order valence-corrected chi connectivity index (χ1v) is 5.97. The Morgan fingerprint density at radius 2 is 1.82 bits per heavy atom. The second-order valence-corrected chi connectivity index (χ2v) is 4.80. The molecule has 0 spiro atoms. The molecule has 4 heteroatoms. The van der Waals surface area contributed by atoms with Crippen LogP contribution < -0.4 is 10.5 Å². The monoisotopic (exact) mass is 241 g/mol. The second kappa shape index (κ2) is 4.90. The van der Waals surface area contributed by atoms with E-state index in [1.807, 2.05) is 0 Å². The number of halogens is 2. The molecule has 2 nitrogen and oxygen atoms in total. The van der Waals surface area contributed by atoms with Crippen LogP contribution in [0.25, 0.3) is 0 Å². The highest BCUT2D eigenvalue weighted by Crippen LogP contribution is 2.31. The van der Waals surface area contributed by atoms with Crippen molar-refractivity contribution in [3.8, 4) is 5.75 Å². The molecule has 0 unspecified atom stereocenters. The minimum atomic E-state index is -0.760. The zero-order valence-electron chi connectivity index (χ0n) is 9.88. The summed E-state index contributed by atoms with van der Waals surface area (Å²) in [5, 5.41) is 0. The van der Waals surface area contributed by atoms with Crippen molar-refractivity contribution in [3.63, 3.8) is 0 Å². The van der Waals surface area contributed by atoms with Crippen LogP contribution in [0.5, 0.6) is 5.75 Å². The van der Waals surface area contributed by atoms with Gasteiger partial charge in [-0.1, -0.05) is 6.92 Å². The Balaban J connectivity index is 2.08. The van der Waals surface area contributed by atoms with Crippen molar-refractivity contribution in [2.75, 3.05) is 5.73 Å². The Morgan fingerprint density at radius 1 is 1.18 bits per heavy atom. The fourth-order valence-corrected chi connectivity index (χ4v) is 2.19. The largest absolute Gasteiger partial charge is 0.488 e. The van der Waals surface area contributed by atoms with Gasteiger partial charge in [-0.2, -0.15) is 0 Å². The molecule has 0 heterocycles. The lowest BCUT2D eigenvalue weighted by atomic mass is 9.89. The first kappa shape index (κ1) is 12.1. The summed E-state index contributed by atoms with van der Waals surface area (Å²) in [4.78, 5) is 0. The summed E-state index contributed by atoms with van der Waals surface area (Å²) in [6, 6.07) is 1.92. The van der Waals surface area contributed by atoms with E-state index in [2.05, 4.69) is 6.92 Å². The van der Waals surface area contributed by atoms with E-state index in [-0.39, 0.29) is 17.5 Å². The van der Waals surface area contributed by atoms with Crippen LogP contribution in [0.15, 0.2) is 12.1 Å². The third-order valence-electron chi connectivity index (χ3n) is 3.31. The molecule has 0 amide bonds. The summed E-state index contributed by atoms with van der Waals surface area (Å²) in [7, 11) is 0. The van der Waals surface area contributed by atoms with Crippen LogP contribution in [-0.4, -0.2) is 6.10 Å². The third-order valence-corrected chi connectivity index (χ3v) is 3.31. The first-order chi connectivity index (χ1) is 8.06. The van der Waals surface area contributed by atoms with E-state index < -0.39 is 11.6 Å². The Labute approximate surface area is 99.8 Å². The van der Waals surface area contributed by atoms with Crippen molar-refractivity contribution >= 4 is 5.69 Å². The highest BCUT2D eigenvalue weighted by molar-refractivity contribution is 5.53. The zero-order chi connectivity index (χ0) is 12.4. The molecule has 1 aliphatic rings. The summed E-state index contributed by atoms with van der Waals surface area (Å²) in [6.07, 6.45) is 4.03. The number of rotatable bonds is 2. The molecule has 0 radical (unpaired) electrons. The molecule has 17 heavy (non-hydrogen) atoms. The van der Waals surface area contributed by atoms with E-state index in [0.717, 1.165) is 37.8 Å². The maximum Gasteiger partial charge on any atom is 0.152 e. The molecule has 0 bridgehead atoms. The topological polar surface area (TPSA) is 35.2 Å². The predicted molar refractivity (Wildman–Crippen MR) is 62.8 cm³/mol. The van der Waals surface area contributed by atoms with E-state index in [4.69, 9.17) is 10.5 Å². The van der Waals surface area contributed by atoms with Gasteiger partial charge in [0.05, 0.1) is 6.10 Å². The van der Waals surface area contributed by atoms with Crippen LogP contribution in [-0.2, 0) is 0 Å². The number of nitrogen functional groups attached to an aromatic ring is 1. The summed E-state index contributed by atoms with van der Waals surface area (Å²) in [5.74, 6) is -0.585. The smallest absolute Gasteiger partial charge is 0.152 e. The molecule has 1 saturated carbocycles. The number of nitrogens with two attached hydrogens (primary N) is 1. The van der Waals surface area contributed by atoms with Crippen LogP contribution in [0.1, 0.15) is 32.6 Å². The minimum absolute atomic E-state index is 0.0229. The van der Waals surface area contributed by atoms with Crippen molar-refractivity contribution in [3.05, 3.63) is 23.8 Å². The molecule has 1 aliphatic carbocycles. The Bertz CT molecular complexity index is 401. The van der Waals surface area contributed by atoms with Gasteiger partial charge in [0, 0.05) is 12.1 Å². The van der Waals surface area contributed by atoms with Crippen molar-refractivity contribution in [1.82, 2.24) is 0 Å². The summed E-state index contributed by atoms with van der Waals surface area (Å²) >= 11 is 0. The maximum atomic E-state index is 13.2. The van der Waals surface area contributed by atoms with Gasteiger partial charge in [0.15, 0.2) is 5.82 Å². The fraction of sp³-hybridized carbons (Fsp3) is 0.538. The molecular weight excluding hydrogens is 224 g/mol. The molecule has 1 aromatic rings. The molecule has 2 rings (SSSR count). The standard InChI is InChI=1S/C13H17F2NO/c1-8-2-4-10(5-3-8)17-12-7-9(14)6-11(15)13(12)16/h6-8,10H,2-5,16H2,1H3. The van der Waals surface area contributed by atoms with Gasteiger partial charge in [-0.3, -0.25) is 0 Å². The molecule has 0 aliphatic heterocycles. The van der Waals surface area contributed by atoms with Gasteiger partial charge in [-0.25, -0.2) is 8.78 Å². The van der Waals surface area contributed by atoms with E-state index in [0.29, 0.717) is 5.92 Å². The van der Waals surface area contributed by atoms with Crippen LogP contribution >= 0.6 is 0 Å². The fourth-order valence-electron chi connectivity index (χ4n) is 2.19. The van der Waals surface area contributed by atoms with Crippen LogP contribution in [0.3, 0.4) is 0 Å². The van der Waals surface area contributed by atoms with E-state index in [1.54, 1.807) is 0 Å². The maximum absolute atomic E-state index is 13.2. The Kier molecular flexibility index (Phi) is 3.50. The van der Waals surface area contributed by atoms with E-state index in [9.17, 15) is 8.78 Å². The van der Waals surface area contributed by atoms with Crippen LogP contribution in [0, 0.1) is 17.6 Å². The van der Waals surface area contributed by atoms with Gasteiger partial charge in [0.2, 0.25) is 0 Å². The van der Waals surface area contributed by atoms with Gasteiger partial charge in [-0.05, 0) is 31.6 Å². The van der Waals surface area contributed by atoms with Gasteiger partial charge in [0.25, 0.3) is 0 Å². The van der Waals surface area contributed by atoms with Gasteiger partial charge >= 0.3 is 0 Å². The molecule has 94 valence electrons. The van der Waals surface area contributed by atoms with Crippen molar-refractivity contribution in [1.29, 1.82) is 0 Å². The average Bonchev–Trinajstić information content (AvgIpc) is 2.28. The molecule has 0 aromatic heterocycles. The van der Waals surface area contributed by atoms with Gasteiger partial charge < -0.3 is 10.5 Å². The Hall–Kier alpha value is -1.32. The zero-order valence-corrected chi connectivity index (χ0v) is 9.88. The van der Waals surface area contributed by atoms with E-state index in [1.165, 1.54) is 0 Å². The van der Waals surface area contributed by atoms with Gasteiger partial charge in [-0.15, -0.1) is 0 Å². The number of anilines is 1. The van der Waals surface area contributed by atoms with Crippen molar-refractivity contribution in [2.45, 2.75) is 38.7 Å². The minimum Gasteiger partial charge on any atom is -0.488 e. The number of ether oxygens (including phenoxy) is 1. The highest BCUT2D eigenvalue weighted by Gasteiger charge is 2.21. The molecule has 1 fully saturated rings. The third kappa shape index (κ3) is 2.87. The van der Waals surface area contributed by atoms with Gasteiger partial charge in [0.1, 0.15) is 17.3 Å². The normalized spacial score (nSPS) is 24.6. The van der Waals surface area contributed by atoms with Crippen molar-refractivity contribution < 1.29 is 13.5 Å². The average molecular weight is 241 g/mol. The number of hydrogen-bond donors (Lipinski definition) is 1. The first-order valence-electron chi connectivity index (χ1n) is 5.97. The number of hydrogen-bond acceptors (Lipinski definition) is 2. The van der Waals surface area contributed by atoms with Crippen LogP contribution in [0.4, 0.5) is 14.5 Å². The summed E-state index contributed by atoms with van der Waals surface area (Å²) in [6.45, 7) is 2.20. The molecule has 2 N–H and O–H groups in total. The highest BCUT2D eigenvalue weighted by atomic mass is 19.1. The summed E-state index contributed by atoms with van der Waals surface area (Å²) < 4.78 is 31.9. The SMILES string of the molecule is CC1CCC(Oc2cc(F)cc(F)c2N)CC1. The van der Waals surface area contributed by atoms with Crippen molar-refractivity contribution in [2.24, 2.45) is 5.92 Å². The second-order valence-electron chi connectivity index (χ2n) is 4.80.